The van der Waals surface area contributed by atoms with Crippen molar-refractivity contribution in [3.8, 4) is 6.01 Å². The fraction of sp³-hybridized carbons (Fsp3) is 0.786. The molecule has 0 spiro atoms. The fourth-order valence-corrected chi connectivity index (χ4v) is 2.45. The summed E-state index contributed by atoms with van der Waals surface area (Å²) >= 11 is 0. The second-order valence-corrected chi connectivity index (χ2v) is 5.09. The molecule has 1 N–H and O–H groups in total. The lowest BCUT2D eigenvalue weighted by atomic mass is 9.98. The van der Waals surface area contributed by atoms with Gasteiger partial charge in [0, 0.05) is 33.4 Å². The van der Waals surface area contributed by atoms with Gasteiger partial charge in [0.1, 0.15) is 0 Å². The zero-order valence-corrected chi connectivity index (χ0v) is 13.1. The van der Waals surface area contributed by atoms with Gasteiger partial charge < -0.3 is 19.7 Å². The summed E-state index contributed by atoms with van der Waals surface area (Å²) in [6.07, 6.45) is 2.19. The van der Waals surface area contributed by atoms with Gasteiger partial charge in [-0.05, 0) is 32.6 Å². The number of nitrogens with zero attached hydrogens (tertiary/aromatic N) is 4. The fourth-order valence-electron chi connectivity index (χ4n) is 2.45. The van der Waals surface area contributed by atoms with Gasteiger partial charge >= 0.3 is 6.01 Å². The third-order valence-corrected chi connectivity index (χ3v) is 3.51. The van der Waals surface area contributed by atoms with E-state index in [1.165, 1.54) is 0 Å². The minimum Gasteiger partial charge on any atom is -0.464 e. The zero-order valence-electron chi connectivity index (χ0n) is 13.1. The Balaban J connectivity index is 2.07. The Morgan fingerprint density at radius 1 is 1.19 bits per heavy atom. The van der Waals surface area contributed by atoms with Crippen LogP contribution in [-0.4, -0.2) is 54.9 Å². The quantitative estimate of drug-likeness (QED) is 0.818. The maximum absolute atomic E-state index is 5.44. The first-order valence-electron chi connectivity index (χ1n) is 7.63. The van der Waals surface area contributed by atoms with Crippen LogP contribution < -0.4 is 15.0 Å². The second kappa shape index (κ2) is 7.97. The predicted molar refractivity (Wildman–Crippen MR) is 82.0 cm³/mol. The van der Waals surface area contributed by atoms with Crippen molar-refractivity contribution in [2.75, 3.05) is 50.2 Å². The van der Waals surface area contributed by atoms with Crippen LogP contribution in [0.2, 0.25) is 0 Å². The van der Waals surface area contributed by atoms with E-state index in [0.29, 0.717) is 30.4 Å². The molecule has 1 aliphatic rings. The lowest BCUT2D eigenvalue weighted by Crippen LogP contribution is -2.36. The van der Waals surface area contributed by atoms with E-state index >= 15 is 0 Å². The number of hydrogen-bond acceptors (Lipinski definition) is 7. The first kappa shape index (κ1) is 15.8. The average molecular weight is 295 g/mol. The second-order valence-electron chi connectivity index (χ2n) is 5.09. The molecule has 0 aromatic carbocycles. The van der Waals surface area contributed by atoms with Crippen LogP contribution in [0.15, 0.2) is 0 Å². The summed E-state index contributed by atoms with van der Waals surface area (Å²) in [6.45, 7) is 7.96. The Bertz CT molecular complexity index is 411. The van der Waals surface area contributed by atoms with Crippen LogP contribution >= 0.6 is 0 Å². The van der Waals surface area contributed by atoms with Crippen LogP contribution in [0.4, 0.5) is 11.9 Å². The molecule has 118 valence electrons. The van der Waals surface area contributed by atoms with Crippen molar-refractivity contribution in [3.63, 3.8) is 0 Å². The molecule has 1 saturated heterocycles. The van der Waals surface area contributed by atoms with Gasteiger partial charge in [-0.3, -0.25) is 0 Å². The number of nitrogens with one attached hydrogen (secondary N) is 1. The van der Waals surface area contributed by atoms with Crippen LogP contribution in [0.25, 0.3) is 0 Å². The normalized spacial score (nSPS) is 16.0. The van der Waals surface area contributed by atoms with Crippen molar-refractivity contribution in [3.05, 3.63) is 0 Å². The summed E-state index contributed by atoms with van der Waals surface area (Å²) in [5, 5.41) is 3.13. The van der Waals surface area contributed by atoms with E-state index in [4.69, 9.17) is 9.47 Å². The van der Waals surface area contributed by atoms with Crippen molar-refractivity contribution in [1.29, 1.82) is 0 Å². The summed E-state index contributed by atoms with van der Waals surface area (Å²) < 4.78 is 10.7. The molecule has 21 heavy (non-hydrogen) atoms. The maximum Gasteiger partial charge on any atom is 0.323 e. The van der Waals surface area contributed by atoms with Gasteiger partial charge in [-0.1, -0.05) is 0 Å². The minimum absolute atomic E-state index is 0.387. The van der Waals surface area contributed by atoms with E-state index in [2.05, 4.69) is 25.2 Å². The number of hydrogen-bond donors (Lipinski definition) is 1. The van der Waals surface area contributed by atoms with Crippen molar-refractivity contribution >= 4 is 11.9 Å². The molecule has 1 aromatic heterocycles. The topological polar surface area (TPSA) is 72.4 Å². The van der Waals surface area contributed by atoms with E-state index in [9.17, 15) is 0 Å². The first-order valence-corrected chi connectivity index (χ1v) is 7.63. The van der Waals surface area contributed by atoms with Gasteiger partial charge in [0.05, 0.1) is 6.61 Å². The van der Waals surface area contributed by atoms with Gasteiger partial charge in [0.25, 0.3) is 0 Å². The number of methoxy groups -OCH3 is 1. The van der Waals surface area contributed by atoms with Crippen LogP contribution in [-0.2, 0) is 4.74 Å². The van der Waals surface area contributed by atoms with E-state index in [1.807, 2.05) is 13.8 Å². The van der Waals surface area contributed by atoms with Crippen molar-refractivity contribution in [2.45, 2.75) is 26.7 Å². The molecule has 0 amide bonds. The molecule has 0 aliphatic carbocycles. The summed E-state index contributed by atoms with van der Waals surface area (Å²) in [5.74, 6) is 1.90. The molecule has 2 heterocycles. The summed E-state index contributed by atoms with van der Waals surface area (Å²) in [4.78, 5) is 15.3. The highest BCUT2D eigenvalue weighted by Gasteiger charge is 2.22. The molecule has 7 nitrogen and oxygen atoms in total. The lowest BCUT2D eigenvalue weighted by Gasteiger charge is -2.31. The van der Waals surface area contributed by atoms with Crippen LogP contribution in [0.5, 0.6) is 6.01 Å². The van der Waals surface area contributed by atoms with Crippen molar-refractivity contribution in [1.82, 2.24) is 15.0 Å². The molecule has 1 aliphatic heterocycles. The molecule has 7 heteroatoms. The molecule has 0 saturated carbocycles. The van der Waals surface area contributed by atoms with Gasteiger partial charge in [0.15, 0.2) is 0 Å². The number of anilines is 2. The maximum atomic E-state index is 5.44. The van der Waals surface area contributed by atoms with E-state index in [0.717, 1.165) is 39.1 Å². The largest absolute Gasteiger partial charge is 0.464 e. The third-order valence-electron chi connectivity index (χ3n) is 3.51. The SMILES string of the molecule is CCNc1nc(OCC)nc(N2CCC(COC)CC2)n1. The molecule has 1 fully saturated rings. The number of ether oxygens (including phenoxy) is 2. The first-order chi connectivity index (χ1) is 10.3. The molecule has 1 aromatic rings. The van der Waals surface area contributed by atoms with Gasteiger partial charge in [-0.25, -0.2) is 0 Å². The number of rotatable bonds is 7. The van der Waals surface area contributed by atoms with Crippen molar-refractivity contribution in [2.24, 2.45) is 5.92 Å². The van der Waals surface area contributed by atoms with Crippen LogP contribution in [0, 0.1) is 5.92 Å². The Hall–Kier alpha value is -1.63. The zero-order chi connectivity index (χ0) is 15.1. The van der Waals surface area contributed by atoms with Crippen LogP contribution in [0.1, 0.15) is 26.7 Å². The standard InChI is InChI=1S/C14H25N5O2/c1-4-15-12-16-13(18-14(17-12)21-5-2)19-8-6-11(7-9-19)10-20-3/h11H,4-10H2,1-3H3,(H,15,16,17,18). The van der Waals surface area contributed by atoms with E-state index < -0.39 is 0 Å². The van der Waals surface area contributed by atoms with Crippen LogP contribution in [0.3, 0.4) is 0 Å². The smallest absolute Gasteiger partial charge is 0.323 e. The number of piperidine rings is 1. The van der Waals surface area contributed by atoms with Crippen molar-refractivity contribution < 1.29 is 9.47 Å². The Morgan fingerprint density at radius 2 is 1.95 bits per heavy atom. The highest BCUT2D eigenvalue weighted by atomic mass is 16.5. The highest BCUT2D eigenvalue weighted by molar-refractivity contribution is 5.38. The molecule has 0 atom stereocenters. The monoisotopic (exact) mass is 295 g/mol. The predicted octanol–water partition coefficient (Wildman–Crippen LogP) is 1.56. The van der Waals surface area contributed by atoms with Gasteiger partial charge in [-0.15, -0.1) is 0 Å². The Kier molecular flexibility index (Phi) is 5.98. The summed E-state index contributed by atoms with van der Waals surface area (Å²) in [7, 11) is 1.76. The average Bonchev–Trinajstić information content (AvgIpc) is 2.49. The highest BCUT2D eigenvalue weighted by Crippen LogP contribution is 2.22. The number of aromatic nitrogens is 3. The molecular formula is C14H25N5O2. The lowest BCUT2D eigenvalue weighted by molar-refractivity contribution is 0.139. The molecular weight excluding hydrogens is 270 g/mol. The third kappa shape index (κ3) is 4.42. The Labute approximate surface area is 126 Å². The molecule has 2 rings (SSSR count). The Morgan fingerprint density at radius 3 is 2.57 bits per heavy atom. The van der Waals surface area contributed by atoms with E-state index in [1.54, 1.807) is 7.11 Å². The minimum atomic E-state index is 0.387. The van der Waals surface area contributed by atoms with E-state index in [-0.39, 0.29) is 0 Å². The van der Waals surface area contributed by atoms with Gasteiger partial charge in [-0.2, -0.15) is 15.0 Å². The summed E-state index contributed by atoms with van der Waals surface area (Å²) in [5.41, 5.74) is 0. The molecule has 0 unspecified atom stereocenters. The van der Waals surface area contributed by atoms with Gasteiger partial charge in [0.2, 0.25) is 11.9 Å². The molecule has 0 radical (unpaired) electrons. The molecule has 0 bridgehead atoms. The summed E-state index contributed by atoms with van der Waals surface area (Å²) in [6, 6.07) is 0.387.